The first-order chi connectivity index (χ1) is 9.15. The Kier molecular flexibility index (Phi) is 3.76. The molecule has 0 saturated heterocycles. The second-order valence-corrected chi connectivity index (χ2v) is 3.90. The standard InChI is InChI=1S/C10H15N7O2/c1-2-15-3-4-16(10(15)19)5-6-17-7-8(13-14-17)9(18)12-11/h3-4,7H,2,5-6,11H2,1H3,(H,12,18). The third-order valence-electron chi connectivity index (χ3n) is 2.73. The van der Waals surface area contributed by atoms with Crippen molar-refractivity contribution in [3.63, 3.8) is 0 Å². The number of aromatic nitrogens is 5. The van der Waals surface area contributed by atoms with Crippen LogP contribution in [0.2, 0.25) is 0 Å². The summed E-state index contributed by atoms with van der Waals surface area (Å²) >= 11 is 0. The summed E-state index contributed by atoms with van der Waals surface area (Å²) in [6, 6.07) is 0. The van der Waals surface area contributed by atoms with Gasteiger partial charge in [0.1, 0.15) is 0 Å². The van der Waals surface area contributed by atoms with Gasteiger partial charge in [0.05, 0.1) is 12.7 Å². The van der Waals surface area contributed by atoms with Crippen molar-refractivity contribution in [1.82, 2.24) is 29.6 Å². The number of imidazole rings is 1. The van der Waals surface area contributed by atoms with Crippen molar-refractivity contribution in [2.45, 2.75) is 26.6 Å². The first-order valence-electron chi connectivity index (χ1n) is 5.82. The van der Waals surface area contributed by atoms with Crippen LogP contribution in [-0.4, -0.2) is 30.0 Å². The van der Waals surface area contributed by atoms with Crippen LogP contribution < -0.4 is 17.0 Å². The summed E-state index contributed by atoms with van der Waals surface area (Å²) in [6.07, 6.45) is 4.93. The first kappa shape index (κ1) is 13.0. The first-order valence-corrected chi connectivity index (χ1v) is 5.82. The van der Waals surface area contributed by atoms with Gasteiger partial charge in [-0.15, -0.1) is 5.10 Å². The van der Waals surface area contributed by atoms with Crippen LogP contribution in [0.1, 0.15) is 17.4 Å². The molecule has 0 spiro atoms. The van der Waals surface area contributed by atoms with Gasteiger partial charge in [-0.2, -0.15) is 0 Å². The quantitative estimate of drug-likeness (QED) is 0.391. The van der Waals surface area contributed by atoms with E-state index in [2.05, 4.69) is 10.3 Å². The Labute approximate surface area is 108 Å². The summed E-state index contributed by atoms with van der Waals surface area (Å²) in [5, 5.41) is 7.46. The third-order valence-corrected chi connectivity index (χ3v) is 2.73. The lowest BCUT2D eigenvalue weighted by atomic mass is 10.4. The fraction of sp³-hybridized carbons (Fsp3) is 0.400. The maximum absolute atomic E-state index is 11.8. The predicted octanol–water partition coefficient (Wildman–Crippen LogP) is -1.44. The molecular formula is C10H15N7O2. The molecule has 2 heterocycles. The molecule has 2 rings (SSSR count). The maximum atomic E-state index is 11.8. The molecule has 19 heavy (non-hydrogen) atoms. The molecule has 0 aliphatic rings. The van der Waals surface area contributed by atoms with Crippen molar-refractivity contribution in [3.8, 4) is 0 Å². The Morgan fingerprint density at radius 2 is 2.11 bits per heavy atom. The smallest absolute Gasteiger partial charge is 0.300 e. The largest absolute Gasteiger partial charge is 0.328 e. The summed E-state index contributed by atoms with van der Waals surface area (Å²) in [4.78, 5) is 23.0. The second kappa shape index (κ2) is 5.48. The normalized spacial score (nSPS) is 10.6. The van der Waals surface area contributed by atoms with Gasteiger partial charge in [-0.25, -0.2) is 15.3 Å². The van der Waals surface area contributed by atoms with Crippen molar-refractivity contribution in [2.75, 3.05) is 0 Å². The molecule has 0 aliphatic heterocycles. The summed E-state index contributed by atoms with van der Waals surface area (Å²) in [5.41, 5.74) is 2.05. The third kappa shape index (κ3) is 2.71. The Hall–Kier alpha value is -2.42. The zero-order valence-electron chi connectivity index (χ0n) is 10.5. The van der Waals surface area contributed by atoms with Crippen LogP contribution >= 0.6 is 0 Å². The van der Waals surface area contributed by atoms with Gasteiger partial charge in [0.25, 0.3) is 5.91 Å². The van der Waals surface area contributed by atoms with E-state index in [1.165, 1.54) is 10.9 Å². The van der Waals surface area contributed by atoms with Crippen molar-refractivity contribution >= 4 is 5.91 Å². The van der Waals surface area contributed by atoms with Crippen molar-refractivity contribution < 1.29 is 4.79 Å². The zero-order chi connectivity index (χ0) is 13.8. The summed E-state index contributed by atoms with van der Waals surface area (Å²) in [7, 11) is 0. The van der Waals surface area contributed by atoms with Crippen LogP contribution in [0.15, 0.2) is 23.4 Å². The van der Waals surface area contributed by atoms with Gasteiger partial charge in [-0.05, 0) is 6.92 Å². The number of amides is 1. The molecule has 0 unspecified atom stereocenters. The molecule has 0 bridgehead atoms. The fourth-order valence-corrected chi connectivity index (χ4v) is 1.66. The predicted molar refractivity (Wildman–Crippen MR) is 66.0 cm³/mol. The van der Waals surface area contributed by atoms with E-state index in [9.17, 15) is 9.59 Å². The lowest BCUT2D eigenvalue weighted by Gasteiger charge is -2.01. The number of hydrazine groups is 1. The molecule has 9 nitrogen and oxygen atoms in total. The zero-order valence-corrected chi connectivity index (χ0v) is 10.5. The van der Waals surface area contributed by atoms with E-state index in [0.29, 0.717) is 19.6 Å². The topological polar surface area (TPSA) is 113 Å². The average Bonchev–Trinajstić information content (AvgIpc) is 3.02. The molecule has 9 heteroatoms. The lowest BCUT2D eigenvalue weighted by Crippen LogP contribution is -2.30. The second-order valence-electron chi connectivity index (χ2n) is 3.90. The molecule has 0 saturated carbocycles. The number of nitrogens with one attached hydrogen (secondary N) is 1. The van der Waals surface area contributed by atoms with Crippen molar-refractivity contribution in [2.24, 2.45) is 5.84 Å². The fourth-order valence-electron chi connectivity index (χ4n) is 1.66. The van der Waals surface area contributed by atoms with Gasteiger partial charge in [0.15, 0.2) is 5.69 Å². The molecule has 0 fully saturated rings. The summed E-state index contributed by atoms with van der Waals surface area (Å²) in [5.74, 6) is 4.49. The highest BCUT2D eigenvalue weighted by Crippen LogP contribution is 1.94. The Bertz CT molecular complexity index is 624. The van der Waals surface area contributed by atoms with Crippen molar-refractivity contribution in [3.05, 3.63) is 34.8 Å². The summed E-state index contributed by atoms with van der Waals surface area (Å²) in [6.45, 7) is 3.44. The number of nitrogen functional groups attached to an aromatic ring is 1. The minimum absolute atomic E-state index is 0.0671. The Morgan fingerprint density at radius 1 is 1.37 bits per heavy atom. The monoisotopic (exact) mass is 265 g/mol. The number of carbonyl (C=O) groups excluding carboxylic acids is 1. The van der Waals surface area contributed by atoms with E-state index in [4.69, 9.17) is 5.84 Å². The minimum Gasteiger partial charge on any atom is -0.300 e. The molecule has 0 atom stereocenters. The van der Waals surface area contributed by atoms with Crippen LogP contribution in [0.4, 0.5) is 0 Å². The van der Waals surface area contributed by atoms with Gasteiger partial charge >= 0.3 is 5.69 Å². The van der Waals surface area contributed by atoms with E-state index >= 15 is 0 Å². The molecule has 2 aromatic rings. The van der Waals surface area contributed by atoms with Gasteiger partial charge in [0, 0.05) is 25.5 Å². The number of hydrogen-bond donors (Lipinski definition) is 2. The van der Waals surface area contributed by atoms with E-state index < -0.39 is 5.91 Å². The lowest BCUT2D eigenvalue weighted by molar-refractivity contribution is 0.0948. The molecular weight excluding hydrogens is 250 g/mol. The van der Waals surface area contributed by atoms with E-state index in [-0.39, 0.29) is 11.4 Å². The maximum Gasteiger partial charge on any atom is 0.328 e. The van der Waals surface area contributed by atoms with Gasteiger partial charge < -0.3 is 0 Å². The highest BCUT2D eigenvalue weighted by atomic mass is 16.2. The number of carbonyl (C=O) groups is 1. The SMILES string of the molecule is CCn1ccn(CCn2cc(C(=O)NN)nn2)c1=O. The van der Waals surface area contributed by atoms with E-state index in [0.717, 1.165) is 0 Å². The number of hydrogen-bond acceptors (Lipinski definition) is 5. The molecule has 0 aromatic carbocycles. The summed E-state index contributed by atoms with van der Waals surface area (Å²) < 4.78 is 4.67. The van der Waals surface area contributed by atoms with Crippen LogP contribution in [0, 0.1) is 0 Å². The average molecular weight is 265 g/mol. The molecule has 102 valence electrons. The molecule has 3 N–H and O–H groups in total. The molecule has 0 aliphatic carbocycles. The molecule has 1 amide bonds. The Balaban J connectivity index is 2.02. The number of rotatable bonds is 5. The number of aryl methyl sites for hydroxylation is 3. The van der Waals surface area contributed by atoms with Gasteiger partial charge in [-0.3, -0.25) is 19.4 Å². The van der Waals surface area contributed by atoms with Crippen LogP contribution in [0.25, 0.3) is 0 Å². The van der Waals surface area contributed by atoms with E-state index in [1.54, 1.807) is 21.5 Å². The molecule has 2 aromatic heterocycles. The molecule has 0 radical (unpaired) electrons. The van der Waals surface area contributed by atoms with Crippen LogP contribution in [-0.2, 0) is 19.6 Å². The number of nitrogens with zero attached hydrogens (tertiary/aromatic N) is 5. The van der Waals surface area contributed by atoms with E-state index in [1.807, 2.05) is 12.3 Å². The van der Waals surface area contributed by atoms with Crippen LogP contribution in [0.5, 0.6) is 0 Å². The van der Waals surface area contributed by atoms with Crippen molar-refractivity contribution in [1.29, 1.82) is 0 Å². The highest BCUT2D eigenvalue weighted by Gasteiger charge is 2.09. The van der Waals surface area contributed by atoms with Gasteiger partial charge in [0.2, 0.25) is 0 Å². The highest BCUT2D eigenvalue weighted by molar-refractivity contribution is 5.91. The van der Waals surface area contributed by atoms with Crippen LogP contribution in [0.3, 0.4) is 0 Å². The minimum atomic E-state index is -0.499. The van der Waals surface area contributed by atoms with Gasteiger partial charge in [-0.1, -0.05) is 5.21 Å². The number of nitrogens with two attached hydrogens (primary N) is 1. The Morgan fingerprint density at radius 3 is 2.74 bits per heavy atom.